The van der Waals surface area contributed by atoms with E-state index in [1.54, 1.807) is 4.90 Å². The molecular weight excluding hydrogens is 260 g/mol. The first-order valence-corrected chi connectivity index (χ1v) is 6.75. The van der Waals surface area contributed by atoms with Crippen LogP contribution in [0.1, 0.15) is 46.7 Å². The molecule has 1 atom stereocenters. The first-order valence-electron chi connectivity index (χ1n) is 6.75. The van der Waals surface area contributed by atoms with Gasteiger partial charge in [-0.05, 0) is 37.8 Å². The van der Waals surface area contributed by atoms with E-state index in [1.165, 1.54) is 18.2 Å². The highest BCUT2D eigenvalue weighted by molar-refractivity contribution is 5.94. The largest absolute Gasteiger partial charge is 0.477 e. The number of aliphatic hydroxyl groups is 1. The Kier molecular flexibility index (Phi) is 4.68. The first-order chi connectivity index (χ1) is 9.63. The number of aromatic carboxylic acids is 1. The fourth-order valence-electron chi connectivity index (χ4n) is 2.55. The van der Waals surface area contributed by atoms with Crippen LogP contribution in [0.5, 0.6) is 0 Å². The van der Waals surface area contributed by atoms with Crippen molar-refractivity contribution in [3.05, 3.63) is 29.6 Å². The summed E-state index contributed by atoms with van der Waals surface area (Å²) >= 11 is 0. The van der Waals surface area contributed by atoms with Gasteiger partial charge >= 0.3 is 5.97 Å². The van der Waals surface area contributed by atoms with Gasteiger partial charge in [0.1, 0.15) is 11.4 Å². The highest BCUT2D eigenvalue weighted by Gasteiger charge is 2.29. The quantitative estimate of drug-likeness (QED) is 0.843. The van der Waals surface area contributed by atoms with Crippen LogP contribution in [0.4, 0.5) is 0 Å². The van der Waals surface area contributed by atoms with Gasteiger partial charge in [0.25, 0.3) is 5.91 Å². The Morgan fingerprint density at radius 3 is 2.80 bits per heavy atom. The van der Waals surface area contributed by atoms with E-state index in [0.29, 0.717) is 13.0 Å². The molecule has 0 bridgehead atoms. The van der Waals surface area contributed by atoms with Gasteiger partial charge in [0, 0.05) is 19.2 Å². The summed E-state index contributed by atoms with van der Waals surface area (Å²) in [5.41, 5.74) is 0.0442. The molecule has 6 nitrogen and oxygen atoms in total. The predicted molar refractivity (Wildman–Crippen MR) is 71.6 cm³/mol. The standard InChI is InChI=1S/C14H18N2O4/c17-9-3-5-10-4-2-8-16(10)13(18)11-6-1-7-12(15-11)14(19)20/h1,6-7,10,17H,2-5,8-9H2,(H,19,20). The summed E-state index contributed by atoms with van der Waals surface area (Å²) in [5.74, 6) is -1.37. The van der Waals surface area contributed by atoms with Gasteiger partial charge in [-0.3, -0.25) is 4.79 Å². The van der Waals surface area contributed by atoms with Crippen molar-refractivity contribution >= 4 is 11.9 Å². The Bertz CT molecular complexity index is 504. The zero-order valence-electron chi connectivity index (χ0n) is 11.2. The van der Waals surface area contributed by atoms with E-state index in [4.69, 9.17) is 10.2 Å². The maximum atomic E-state index is 12.4. The van der Waals surface area contributed by atoms with Crippen molar-refractivity contribution in [1.29, 1.82) is 0 Å². The number of aromatic nitrogens is 1. The predicted octanol–water partition coefficient (Wildman–Crippen LogP) is 1.16. The number of carboxylic acid groups (broad SMARTS) is 1. The van der Waals surface area contributed by atoms with E-state index in [1.807, 2.05) is 0 Å². The molecule has 1 saturated heterocycles. The first kappa shape index (κ1) is 14.5. The second-order valence-electron chi connectivity index (χ2n) is 4.87. The third kappa shape index (κ3) is 3.14. The van der Waals surface area contributed by atoms with E-state index in [9.17, 15) is 9.59 Å². The van der Waals surface area contributed by atoms with Gasteiger partial charge in [-0.15, -0.1) is 0 Å². The third-order valence-electron chi connectivity index (χ3n) is 3.52. The van der Waals surface area contributed by atoms with Crippen LogP contribution in [0.2, 0.25) is 0 Å². The molecule has 0 aromatic carbocycles. The van der Waals surface area contributed by atoms with Crippen LogP contribution in [0.25, 0.3) is 0 Å². The summed E-state index contributed by atoms with van der Waals surface area (Å²) in [6.07, 6.45) is 3.28. The van der Waals surface area contributed by atoms with Gasteiger partial charge in [0.2, 0.25) is 0 Å². The number of nitrogens with zero attached hydrogens (tertiary/aromatic N) is 2. The molecule has 20 heavy (non-hydrogen) atoms. The van der Waals surface area contributed by atoms with Crippen LogP contribution in [-0.2, 0) is 0 Å². The van der Waals surface area contributed by atoms with Crippen LogP contribution >= 0.6 is 0 Å². The maximum absolute atomic E-state index is 12.4. The van der Waals surface area contributed by atoms with Gasteiger partial charge in [0.15, 0.2) is 0 Å². The SMILES string of the molecule is O=C(O)c1cccc(C(=O)N2CCCC2CCCO)n1. The summed E-state index contributed by atoms with van der Waals surface area (Å²) in [6.45, 7) is 0.777. The lowest BCUT2D eigenvalue weighted by Crippen LogP contribution is -2.36. The zero-order valence-corrected chi connectivity index (χ0v) is 11.2. The van der Waals surface area contributed by atoms with Crippen molar-refractivity contribution in [1.82, 2.24) is 9.88 Å². The molecular formula is C14H18N2O4. The van der Waals surface area contributed by atoms with Crippen molar-refractivity contribution in [3.8, 4) is 0 Å². The zero-order chi connectivity index (χ0) is 14.5. The number of carbonyl (C=O) groups is 2. The molecule has 2 rings (SSSR count). The second-order valence-corrected chi connectivity index (χ2v) is 4.87. The van der Waals surface area contributed by atoms with Crippen molar-refractivity contribution in [3.63, 3.8) is 0 Å². The summed E-state index contributed by atoms with van der Waals surface area (Å²) in [6, 6.07) is 4.55. The number of hydrogen-bond donors (Lipinski definition) is 2. The topological polar surface area (TPSA) is 90.7 Å². The Labute approximate surface area is 117 Å². The Morgan fingerprint density at radius 2 is 2.10 bits per heavy atom. The molecule has 1 amide bonds. The van der Waals surface area contributed by atoms with Gasteiger partial charge in [-0.1, -0.05) is 6.07 Å². The lowest BCUT2D eigenvalue weighted by molar-refractivity contribution is 0.0689. The van der Waals surface area contributed by atoms with Crippen molar-refractivity contribution < 1.29 is 19.8 Å². The summed E-state index contributed by atoms with van der Waals surface area (Å²) < 4.78 is 0. The van der Waals surface area contributed by atoms with Crippen LogP contribution in [0, 0.1) is 0 Å². The molecule has 6 heteroatoms. The van der Waals surface area contributed by atoms with E-state index in [0.717, 1.165) is 19.3 Å². The number of rotatable bonds is 5. The molecule has 0 spiro atoms. The van der Waals surface area contributed by atoms with E-state index < -0.39 is 5.97 Å². The molecule has 1 unspecified atom stereocenters. The number of amides is 1. The van der Waals surface area contributed by atoms with Crippen LogP contribution in [0.15, 0.2) is 18.2 Å². The third-order valence-corrected chi connectivity index (χ3v) is 3.52. The minimum Gasteiger partial charge on any atom is -0.477 e. The minimum absolute atomic E-state index is 0.116. The summed E-state index contributed by atoms with van der Waals surface area (Å²) in [4.78, 5) is 28.9. The number of hydrogen-bond acceptors (Lipinski definition) is 4. The van der Waals surface area contributed by atoms with Gasteiger partial charge in [0.05, 0.1) is 0 Å². The molecule has 1 aromatic heterocycles. The molecule has 1 aromatic rings. The number of carboxylic acids is 1. The molecule has 2 N–H and O–H groups in total. The minimum atomic E-state index is -1.14. The van der Waals surface area contributed by atoms with Gasteiger partial charge < -0.3 is 15.1 Å². The van der Waals surface area contributed by atoms with Crippen molar-refractivity contribution in [2.75, 3.05) is 13.2 Å². The molecule has 0 aliphatic carbocycles. The average molecular weight is 278 g/mol. The fraction of sp³-hybridized carbons (Fsp3) is 0.500. The van der Waals surface area contributed by atoms with Crippen molar-refractivity contribution in [2.24, 2.45) is 0 Å². The second kappa shape index (κ2) is 6.47. The van der Waals surface area contributed by atoms with Gasteiger partial charge in [-0.2, -0.15) is 0 Å². The molecule has 1 fully saturated rings. The highest BCUT2D eigenvalue weighted by atomic mass is 16.4. The van der Waals surface area contributed by atoms with Crippen LogP contribution in [-0.4, -0.2) is 51.2 Å². The normalized spacial score (nSPS) is 18.2. The monoisotopic (exact) mass is 278 g/mol. The van der Waals surface area contributed by atoms with Gasteiger partial charge in [-0.25, -0.2) is 9.78 Å². The smallest absolute Gasteiger partial charge is 0.354 e. The van der Waals surface area contributed by atoms with Crippen LogP contribution in [0.3, 0.4) is 0 Å². The maximum Gasteiger partial charge on any atom is 0.354 e. The average Bonchev–Trinajstić information content (AvgIpc) is 2.92. The summed E-state index contributed by atoms with van der Waals surface area (Å²) in [7, 11) is 0. The Morgan fingerprint density at radius 1 is 1.35 bits per heavy atom. The molecule has 0 radical (unpaired) electrons. The Hall–Kier alpha value is -1.95. The van der Waals surface area contributed by atoms with Crippen LogP contribution < -0.4 is 0 Å². The lowest BCUT2D eigenvalue weighted by Gasteiger charge is -2.24. The Balaban J connectivity index is 2.13. The van der Waals surface area contributed by atoms with E-state index in [-0.39, 0.29) is 29.9 Å². The molecule has 108 valence electrons. The molecule has 1 aliphatic rings. The number of carbonyl (C=O) groups excluding carboxylic acids is 1. The highest BCUT2D eigenvalue weighted by Crippen LogP contribution is 2.23. The lowest BCUT2D eigenvalue weighted by atomic mass is 10.1. The number of likely N-dealkylation sites (tertiary alicyclic amines) is 1. The fourth-order valence-corrected chi connectivity index (χ4v) is 2.55. The number of aliphatic hydroxyl groups excluding tert-OH is 1. The van der Waals surface area contributed by atoms with E-state index >= 15 is 0 Å². The van der Waals surface area contributed by atoms with Crippen molar-refractivity contribution in [2.45, 2.75) is 31.7 Å². The molecule has 2 heterocycles. The summed E-state index contributed by atoms with van der Waals surface area (Å²) in [5, 5.41) is 17.8. The molecule has 0 saturated carbocycles. The van der Waals surface area contributed by atoms with E-state index in [2.05, 4.69) is 4.98 Å². The molecule has 1 aliphatic heterocycles. The number of pyridine rings is 1.